The zero-order valence-electron chi connectivity index (χ0n) is 16.7. The third-order valence-corrected chi connectivity index (χ3v) is 7.19. The molecule has 31 heavy (non-hydrogen) atoms. The maximum atomic E-state index is 13.4. The highest BCUT2D eigenvalue weighted by Crippen LogP contribution is 2.41. The van der Waals surface area contributed by atoms with Crippen molar-refractivity contribution in [1.82, 2.24) is 0 Å². The topological polar surface area (TPSA) is 72.9 Å². The van der Waals surface area contributed by atoms with Crippen molar-refractivity contribution in [3.8, 4) is 11.5 Å². The summed E-state index contributed by atoms with van der Waals surface area (Å²) in [7, 11) is -1.09. The van der Waals surface area contributed by atoms with Crippen LogP contribution in [-0.4, -0.2) is 28.4 Å². The number of benzene rings is 3. The Morgan fingerprint density at radius 2 is 1.65 bits per heavy atom. The highest BCUT2D eigenvalue weighted by atomic mass is 79.9. The van der Waals surface area contributed by atoms with Crippen LogP contribution in [0.25, 0.3) is 0 Å². The number of ketones is 1. The molecule has 1 heterocycles. The molecule has 1 aliphatic heterocycles. The van der Waals surface area contributed by atoms with Gasteiger partial charge in [0, 0.05) is 21.9 Å². The molecule has 0 fully saturated rings. The number of sulfone groups is 1. The summed E-state index contributed by atoms with van der Waals surface area (Å²) in [6, 6.07) is 18.6. The van der Waals surface area contributed by atoms with Crippen LogP contribution in [0.4, 0.5) is 11.4 Å². The van der Waals surface area contributed by atoms with Crippen LogP contribution in [0.5, 0.6) is 11.5 Å². The number of halogens is 1. The van der Waals surface area contributed by atoms with Crippen LogP contribution in [0.3, 0.4) is 0 Å². The number of hydrogen-bond donors (Lipinski definition) is 0. The highest BCUT2D eigenvalue weighted by Gasteiger charge is 2.36. The number of allylic oxidation sites excluding steroid dienone is 1. The fourth-order valence-electron chi connectivity index (χ4n) is 3.40. The fraction of sp³-hybridized carbons (Fsp3) is 0.0870. The summed E-state index contributed by atoms with van der Waals surface area (Å²) in [4.78, 5) is 14.8. The SMILES string of the molecule is COc1ccc(C(=O)C2=CN(c3cccc(Br)c3)c3ccccc3S2(=O)=O)cc1OC. The number of anilines is 2. The Morgan fingerprint density at radius 1 is 0.903 bits per heavy atom. The lowest BCUT2D eigenvalue weighted by molar-refractivity contribution is 0.104. The molecule has 158 valence electrons. The lowest BCUT2D eigenvalue weighted by Crippen LogP contribution is -2.25. The number of nitrogens with zero attached hydrogens (tertiary/aromatic N) is 1. The second-order valence-corrected chi connectivity index (χ2v) is 9.52. The number of carbonyl (C=O) groups is 1. The number of hydrogen-bond acceptors (Lipinski definition) is 6. The summed E-state index contributed by atoms with van der Waals surface area (Å²) >= 11 is 3.44. The summed E-state index contributed by atoms with van der Waals surface area (Å²) in [5.41, 5.74) is 1.37. The Hall–Kier alpha value is -3.10. The molecule has 3 aromatic rings. The lowest BCUT2D eigenvalue weighted by atomic mass is 10.1. The maximum absolute atomic E-state index is 13.4. The first-order chi connectivity index (χ1) is 14.9. The molecule has 0 radical (unpaired) electrons. The predicted octanol–water partition coefficient (Wildman–Crippen LogP) is 5.12. The Bertz CT molecular complexity index is 1320. The maximum Gasteiger partial charge on any atom is 0.214 e. The number of rotatable bonds is 5. The lowest BCUT2D eigenvalue weighted by Gasteiger charge is -2.29. The second kappa shape index (κ2) is 8.20. The van der Waals surface area contributed by atoms with Gasteiger partial charge in [0.2, 0.25) is 15.6 Å². The van der Waals surface area contributed by atoms with E-state index in [-0.39, 0.29) is 15.4 Å². The highest BCUT2D eigenvalue weighted by molar-refractivity contribution is 9.10. The van der Waals surface area contributed by atoms with E-state index in [2.05, 4.69) is 15.9 Å². The first-order valence-electron chi connectivity index (χ1n) is 9.24. The molecule has 0 saturated carbocycles. The van der Waals surface area contributed by atoms with E-state index in [0.717, 1.165) is 4.47 Å². The van der Waals surface area contributed by atoms with Crippen LogP contribution in [0.15, 0.2) is 87.2 Å². The van der Waals surface area contributed by atoms with Gasteiger partial charge in [0.1, 0.15) is 4.91 Å². The molecule has 0 aromatic heterocycles. The number of methoxy groups -OCH3 is 2. The largest absolute Gasteiger partial charge is 0.493 e. The monoisotopic (exact) mass is 499 g/mol. The van der Waals surface area contributed by atoms with E-state index >= 15 is 0 Å². The molecule has 1 aliphatic rings. The quantitative estimate of drug-likeness (QED) is 0.453. The van der Waals surface area contributed by atoms with Crippen LogP contribution in [0, 0.1) is 0 Å². The van der Waals surface area contributed by atoms with Gasteiger partial charge in [0.05, 0.1) is 24.8 Å². The smallest absolute Gasteiger partial charge is 0.214 e. The van der Waals surface area contributed by atoms with Gasteiger partial charge in [0.15, 0.2) is 11.5 Å². The standard InChI is InChI=1S/C23H18BrNO5S/c1-29-19-11-10-15(12-20(19)30-2)23(26)22-14-25(17-7-5-6-16(24)13-17)18-8-3-4-9-21(18)31(22,27)28/h3-14H,1-2H3. The Morgan fingerprint density at radius 3 is 2.35 bits per heavy atom. The summed E-state index contributed by atoms with van der Waals surface area (Å²) in [5, 5.41) is 0. The van der Waals surface area contributed by atoms with E-state index in [4.69, 9.17) is 9.47 Å². The van der Waals surface area contributed by atoms with E-state index in [1.807, 2.05) is 24.3 Å². The molecular weight excluding hydrogens is 482 g/mol. The minimum atomic E-state index is -4.03. The fourth-order valence-corrected chi connectivity index (χ4v) is 5.33. The van der Waals surface area contributed by atoms with Crippen LogP contribution in [-0.2, 0) is 9.84 Å². The van der Waals surface area contributed by atoms with Gasteiger partial charge >= 0.3 is 0 Å². The van der Waals surface area contributed by atoms with Crippen molar-refractivity contribution < 1.29 is 22.7 Å². The van der Waals surface area contributed by atoms with Gasteiger partial charge in [-0.1, -0.05) is 34.1 Å². The minimum absolute atomic E-state index is 0.0707. The van der Waals surface area contributed by atoms with Crippen molar-refractivity contribution in [2.75, 3.05) is 19.1 Å². The summed E-state index contributed by atoms with van der Waals surface area (Å²) in [6.07, 6.45) is 1.37. The Balaban J connectivity index is 1.89. The van der Waals surface area contributed by atoms with E-state index in [9.17, 15) is 13.2 Å². The Labute approximate surface area is 188 Å². The van der Waals surface area contributed by atoms with Gasteiger partial charge in [-0.2, -0.15) is 0 Å². The summed E-state index contributed by atoms with van der Waals surface area (Å²) < 4.78 is 38.0. The second-order valence-electron chi connectivity index (χ2n) is 6.71. The molecule has 4 rings (SSSR count). The number of ether oxygens (including phenoxy) is 2. The van der Waals surface area contributed by atoms with Gasteiger partial charge in [-0.3, -0.25) is 4.79 Å². The predicted molar refractivity (Wildman–Crippen MR) is 122 cm³/mol. The van der Waals surface area contributed by atoms with E-state index < -0.39 is 15.6 Å². The van der Waals surface area contributed by atoms with Gasteiger partial charge in [-0.15, -0.1) is 0 Å². The summed E-state index contributed by atoms with van der Waals surface area (Å²) in [6.45, 7) is 0. The molecule has 3 aromatic carbocycles. The van der Waals surface area contributed by atoms with Crippen LogP contribution >= 0.6 is 15.9 Å². The first kappa shape index (κ1) is 21.1. The van der Waals surface area contributed by atoms with Crippen LogP contribution in [0.1, 0.15) is 10.4 Å². The van der Waals surface area contributed by atoms with Gasteiger partial charge in [0.25, 0.3) is 0 Å². The van der Waals surface area contributed by atoms with E-state index in [1.165, 1.54) is 38.6 Å². The van der Waals surface area contributed by atoms with Gasteiger partial charge < -0.3 is 14.4 Å². The number of para-hydroxylation sites is 1. The Kier molecular flexibility index (Phi) is 5.60. The average Bonchev–Trinajstić information content (AvgIpc) is 2.78. The van der Waals surface area contributed by atoms with Gasteiger partial charge in [-0.25, -0.2) is 8.42 Å². The van der Waals surface area contributed by atoms with Crippen molar-refractivity contribution in [2.24, 2.45) is 0 Å². The average molecular weight is 500 g/mol. The van der Waals surface area contributed by atoms with Crippen LogP contribution in [0.2, 0.25) is 0 Å². The van der Waals surface area contributed by atoms with E-state index in [0.29, 0.717) is 22.9 Å². The number of fused-ring (bicyclic) bond motifs is 1. The number of Topliss-reactive ketones (excluding diaryl/α,β-unsaturated/α-hetero) is 1. The molecule has 0 spiro atoms. The van der Waals surface area contributed by atoms with Gasteiger partial charge in [-0.05, 0) is 48.5 Å². The van der Waals surface area contributed by atoms with Crippen molar-refractivity contribution in [3.05, 3.63) is 87.9 Å². The minimum Gasteiger partial charge on any atom is -0.493 e. The zero-order valence-corrected chi connectivity index (χ0v) is 19.1. The number of carbonyl (C=O) groups excluding carboxylic acids is 1. The molecule has 6 nitrogen and oxygen atoms in total. The molecule has 0 amide bonds. The zero-order chi connectivity index (χ0) is 22.2. The molecule has 8 heteroatoms. The van der Waals surface area contributed by atoms with E-state index in [1.54, 1.807) is 29.2 Å². The van der Waals surface area contributed by atoms with Crippen LogP contribution < -0.4 is 14.4 Å². The van der Waals surface area contributed by atoms with Crippen molar-refractivity contribution in [3.63, 3.8) is 0 Å². The molecular formula is C23H18BrNO5S. The normalized spacial score (nSPS) is 14.4. The molecule has 0 saturated heterocycles. The van der Waals surface area contributed by atoms with Crippen molar-refractivity contribution in [1.29, 1.82) is 0 Å². The molecule has 0 unspecified atom stereocenters. The molecule has 0 bridgehead atoms. The molecule has 0 N–H and O–H groups in total. The first-order valence-corrected chi connectivity index (χ1v) is 11.5. The summed E-state index contributed by atoms with van der Waals surface area (Å²) in [5.74, 6) is 0.155. The van der Waals surface area contributed by atoms with Crippen molar-refractivity contribution >= 4 is 42.9 Å². The third kappa shape index (κ3) is 3.73. The van der Waals surface area contributed by atoms with Crippen molar-refractivity contribution in [2.45, 2.75) is 4.90 Å². The molecule has 0 aliphatic carbocycles. The third-order valence-electron chi connectivity index (χ3n) is 4.91. The molecule has 0 atom stereocenters.